The summed E-state index contributed by atoms with van der Waals surface area (Å²) in [5.41, 5.74) is 6.94. The number of aromatic nitrogens is 3. The van der Waals surface area contributed by atoms with E-state index in [0.717, 1.165) is 29.0 Å². The number of hydrogen-bond donors (Lipinski definition) is 1. The molecule has 1 aromatic heterocycles. The van der Waals surface area contributed by atoms with Gasteiger partial charge in [-0.25, -0.2) is 0 Å². The summed E-state index contributed by atoms with van der Waals surface area (Å²) in [5, 5.41) is 9.36. The zero-order valence-electron chi connectivity index (χ0n) is 12.7. The van der Waals surface area contributed by atoms with Crippen LogP contribution in [0.4, 0.5) is 0 Å². The normalized spacial score (nSPS) is 11.1. The van der Waals surface area contributed by atoms with E-state index in [1.807, 2.05) is 18.2 Å². The van der Waals surface area contributed by atoms with Crippen molar-refractivity contribution in [3.63, 3.8) is 0 Å². The molecule has 0 saturated carbocycles. The molecule has 0 fully saturated rings. The lowest BCUT2D eigenvalue weighted by Crippen LogP contribution is -2.12. The molecule has 0 radical (unpaired) electrons. The molecule has 21 heavy (non-hydrogen) atoms. The predicted molar refractivity (Wildman–Crippen MR) is 85.3 cm³/mol. The largest absolute Gasteiger partial charge is 0.497 e. The molecule has 0 aliphatic carbocycles. The van der Waals surface area contributed by atoms with E-state index < -0.39 is 0 Å². The highest BCUT2D eigenvalue weighted by Gasteiger charge is 2.12. The molecule has 1 heterocycles. The van der Waals surface area contributed by atoms with Gasteiger partial charge in [-0.05, 0) is 23.6 Å². The van der Waals surface area contributed by atoms with Gasteiger partial charge in [0.1, 0.15) is 11.6 Å². The average Bonchev–Trinajstić information content (AvgIpc) is 2.86. The van der Waals surface area contributed by atoms with Crippen LogP contribution in [-0.4, -0.2) is 21.9 Å². The Morgan fingerprint density at radius 3 is 2.81 bits per heavy atom. The molecule has 0 spiro atoms. The summed E-state index contributed by atoms with van der Waals surface area (Å²) in [6.07, 6.45) is 0. The Balaban J connectivity index is 2.10. The van der Waals surface area contributed by atoms with Crippen LogP contribution in [0.25, 0.3) is 0 Å². The van der Waals surface area contributed by atoms with Crippen LogP contribution in [0.2, 0.25) is 0 Å². The first-order valence-corrected chi connectivity index (χ1v) is 8.00. The fourth-order valence-electron chi connectivity index (χ4n) is 2.04. The third-order valence-corrected chi connectivity index (χ3v) is 4.06. The summed E-state index contributed by atoms with van der Waals surface area (Å²) in [7, 11) is 1.68. The molecule has 6 heteroatoms. The fourth-order valence-corrected chi connectivity index (χ4v) is 2.95. The second-order valence-electron chi connectivity index (χ2n) is 5.25. The number of benzene rings is 1. The molecule has 5 nitrogen and oxygen atoms in total. The minimum Gasteiger partial charge on any atom is -0.497 e. The smallest absolute Gasteiger partial charge is 0.191 e. The van der Waals surface area contributed by atoms with Crippen molar-refractivity contribution in [2.75, 3.05) is 7.11 Å². The molecule has 0 unspecified atom stereocenters. The Labute approximate surface area is 129 Å². The summed E-state index contributed by atoms with van der Waals surface area (Å²) in [4.78, 5) is 0. The Morgan fingerprint density at radius 1 is 1.33 bits per heavy atom. The number of hydrogen-bond acceptors (Lipinski definition) is 5. The Bertz CT molecular complexity index is 583. The Morgan fingerprint density at radius 2 is 2.14 bits per heavy atom. The van der Waals surface area contributed by atoms with Gasteiger partial charge in [-0.3, -0.25) is 0 Å². The first kappa shape index (κ1) is 15.9. The summed E-state index contributed by atoms with van der Waals surface area (Å²) in [6.45, 7) is 5.66. The molecule has 2 aromatic rings. The van der Waals surface area contributed by atoms with Crippen LogP contribution in [0.5, 0.6) is 5.75 Å². The van der Waals surface area contributed by atoms with Crippen molar-refractivity contribution in [3.05, 3.63) is 35.7 Å². The summed E-state index contributed by atoms with van der Waals surface area (Å²) >= 11 is 1.68. The van der Waals surface area contributed by atoms with E-state index in [1.165, 1.54) is 5.56 Å². The fraction of sp³-hybridized carbons (Fsp3) is 0.467. The minimum absolute atomic E-state index is 0.416. The number of nitrogens with two attached hydrogens (primary N) is 1. The third-order valence-electron chi connectivity index (χ3n) is 3.03. The maximum Gasteiger partial charge on any atom is 0.191 e. The first-order valence-electron chi connectivity index (χ1n) is 7.02. The number of nitrogens with zero attached hydrogens (tertiary/aromatic N) is 3. The van der Waals surface area contributed by atoms with Gasteiger partial charge in [0.25, 0.3) is 0 Å². The topological polar surface area (TPSA) is 66.0 Å². The third kappa shape index (κ3) is 4.22. The van der Waals surface area contributed by atoms with Crippen molar-refractivity contribution in [1.29, 1.82) is 0 Å². The SMILES string of the molecule is COc1cccc(CSc2nnc(CN)n2CC(C)C)c1. The second-order valence-corrected chi connectivity index (χ2v) is 6.19. The van der Waals surface area contributed by atoms with Gasteiger partial charge < -0.3 is 15.0 Å². The van der Waals surface area contributed by atoms with Gasteiger partial charge in [0.05, 0.1) is 13.7 Å². The maximum atomic E-state index is 5.74. The van der Waals surface area contributed by atoms with Gasteiger partial charge >= 0.3 is 0 Å². The minimum atomic E-state index is 0.416. The Hall–Kier alpha value is -1.53. The number of thioether (sulfide) groups is 1. The number of methoxy groups -OCH3 is 1. The van der Waals surface area contributed by atoms with E-state index in [9.17, 15) is 0 Å². The average molecular weight is 306 g/mol. The van der Waals surface area contributed by atoms with Crippen LogP contribution in [0.1, 0.15) is 25.2 Å². The highest BCUT2D eigenvalue weighted by molar-refractivity contribution is 7.98. The van der Waals surface area contributed by atoms with E-state index in [-0.39, 0.29) is 0 Å². The zero-order chi connectivity index (χ0) is 15.2. The monoisotopic (exact) mass is 306 g/mol. The molecule has 2 rings (SSSR count). The summed E-state index contributed by atoms with van der Waals surface area (Å²) in [5.74, 6) is 3.08. The quantitative estimate of drug-likeness (QED) is 0.797. The van der Waals surface area contributed by atoms with Crippen LogP contribution < -0.4 is 10.5 Å². The predicted octanol–water partition coefficient (Wildman–Crippen LogP) is 2.69. The number of ether oxygens (including phenoxy) is 1. The molecule has 0 saturated heterocycles. The lowest BCUT2D eigenvalue weighted by molar-refractivity contribution is 0.414. The highest BCUT2D eigenvalue weighted by Crippen LogP contribution is 2.24. The van der Waals surface area contributed by atoms with Gasteiger partial charge in [0.2, 0.25) is 0 Å². The van der Waals surface area contributed by atoms with E-state index >= 15 is 0 Å². The van der Waals surface area contributed by atoms with Crippen LogP contribution in [-0.2, 0) is 18.8 Å². The summed E-state index contributed by atoms with van der Waals surface area (Å²) in [6, 6.07) is 8.07. The van der Waals surface area contributed by atoms with Gasteiger partial charge in [-0.2, -0.15) is 0 Å². The van der Waals surface area contributed by atoms with Gasteiger partial charge in [0, 0.05) is 12.3 Å². The van der Waals surface area contributed by atoms with E-state index in [4.69, 9.17) is 10.5 Å². The van der Waals surface area contributed by atoms with Crippen LogP contribution in [0, 0.1) is 5.92 Å². The molecule has 0 aliphatic heterocycles. The standard InChI is InChI=1S/C15H22N4OS/c1-11(2)9-19-14(8-16)17-18-15(19)21-10-12-5-4-6-13(7-12)20-3/h4-7,11H,8-10,16H2,1-3H3. The van der Waals surface area contributed by atoms with E-state index in [2.05, 4.69) is 34.7 Å². The molecule has 1 aromatic carbocycles. The molecule has 2 N–H and O–H groups in total. The van der Waals surface area contributed by atoms with Crippen LogP contribution >= 0.6 is 11.8 Å². The lowest BCUT2D eigenvalue weighted by Gasteiger charge is -2.11. The number of rotatable bonds is 7. The van der Waals surface area contributed by atoms with Gasteiger partial charge in [-0.15, -0.1) is 10.2 Å². The molecule has 0 atom stereocenters. The van der Waals surface area contributed by atoms with Crippen LogP contribution in [0.3, 0.4) is 0 Å². The first-order chi connectivity index (χ1) is 10.1. The molecule has 0 bridgehead atoms. The van der Waals surface area contributed by atoms with Crippen molar-refractivity contribution in [1.82, 2.24) is 14.8 Å². The van der Waals surface area contributed by atoms with Crippen molar-refractivity contribution in [2.24, 2.45) is 11.7 Å². The van der Waals surface area contributed by atoms with Gasteiger partial charge in [-0.1, -0.05) is 37.7 Å². The van der Waals surface area contributed by atoms with Crippen molar-refractivity contribution in [3.8, 4) is 5.75 Å². The molecule has 114 valence electrons. The van der Waals surface area contributed by atoms with Gasteiger partial charge in [0.15, 0.2) is 5.16 Å². The van der Waals surface area contributed by atoms with E-state index in [1.54, 1.807) is 18.9 Å². The van der Waals surface area contributed by atoms with Crippen molar-refractivity contribution in [2.45, 2.75) is 37.8 Å². The van der Waals surface area contributed by atoms with Crippen molar-refractivity contribution >= 4 is 11.8 Å². The Kier molecular flexibility index (Phi) is 5.64. The zero-order valence-corrected chi connectivity index (χ0v) is 13.6. The maximum absolute atomic E-state index is 5.74. The molecular weight excluding hydrogens is 284 g/mol. The van der Waals surface area contributed by atoms with Crippen LogP contribution in [0.15, 0.2) is 29.4 Å². The molecular formula is C15H22N4OS. The lowest BCUT2D eigenvalue weighted by atomic mass is 10.2. The molecule has 0 amide bonds. The van der Waals surface area contributed by atoms with Crippen molar-refractivity contribution < 1.29 is 4.74 Å². The summed E-state index contributed by atoms with van der Waals surface area (Å²) < 4.78 is 7.37. The molecule has 0 aliphatic rings. The van der Waals surface area contributed by atoms with E-state index in [0.29, 0.717) is 12.5 Å². The second kappa shape index (κ2) is 7.47. The highest BCUT2D eigenvalue weighted by atomic mass is 32.2.